The Kier molecular flexibility index (Phi) is 3.29. The number of hydrogen-bond acceptors (Lipinski definition) is 4. The average molecular weight is 221 g/mol. The standard InChI is InChI=1S/C12H19N3O/c1-3-11-8-16-5-4-15(11)12-9(2)6-10(13)7-14-12/h6-7,11H,3-5,8,13H2,1-2H3. The Hall–Kier alpha value is -1.29. The van der Waals surface area contributed by atoms with Crippen molar-refractivity contribution in [2.75, 3.05) is 30.4 Å². The van der Waals surface area contributed by atoms with E-state index in [-0.39, 0.29) is 0 Å². The number of nitrogens with two attached hydrogens (primary N) is 1. The van der Waals surface area contributed by atoms with E-state index < -0.39 is 0 Å². The Morgan fingerprint density at radius 1 is 1.62 bits per heavy atom. The number of morpholine rings is 1. The van der Waals surface area contributed by atoms with Gasteiger partial charge in [-0.2, -0.15) is 0 Å². The molecule has 16 heavy (non-hydrogen) atoms. The van der Waals surface area contributed by atoms with Gasteiger partial charge in [-0.25, -0.2) is 4.98 Å². The summed E-state index contributed by atoms with van der Waals surface area (Å²) in [5.74, 6) is 1.05. The highest BCUT2D eigenvalue weighted by molar-refractivity contribution is 5.53. The number of rotatable bonds is 2. The third-order valence-corrected chi connectivity index (χ3v) is 3.04. The van der Waals surface area contributed by atoms with Crippen LogP contribution in [-0.2, 0) is 4.74 Å². The first-order valence-corrected chi connectivity index (χ1v) is 5.79. The van der Waals surface area contributed by atoms with Crippen molar-refractivity contribution in [3.8, 4) is 0 Å². The van der Waals surface area contributed by atoms with Crippen molar-refractivity contribution in [3.05, 3.63) is 17.8 Å². The van der Waals surface area contributed by atoms with Crippen molar-refractivity contribution >= 4 is 11.5 Å². The summed E-state index contributed by atoms with van der Waals surface area (Å²) >= 11 is 0. The van der Waals surface area contributed by atoms with Crippen LogP contribution in [0.15, 0.2) is 12.3 Å². The molecule has 0 aromatic carbocycles. The van der Waals surface area contributed by atoms with Gasteiger partial charge in [-0.1, -0.05) is 6.92 Å². The number of anilines is 2. The molecule has 0 saturated carbocycles. The molecule has 1 aromatic heterocycles. The van der Waals surface area contributed by atoms with E-state index in [0.717, 1.165) is 43.2 Å². The summed E-state index contributed by atoms with van der Waals surface area (Å²) in [5, 5.41) is 0. The molecule has 1 atom stereocenters. The molecule has 0 spiro atoms. The fourth-order valence-electron chi connectivity index (χ4n) is 2.16. The fraction of sp³-hybridized carbons (Fsp3) is 0.583. The number of hydrogen-bond donors (Lipinski definition) is 1. The van der Waals surface area contributed by atoms with E-state index in [9.17, 15) is 0 Å². The lowest BCUT2D eigenvalue weighted by Gasteiger charge is -2.36. The summed E-state index contributed by atoms with van der Waals surface area (Å²) < 4.78 is 5.49. The molecule has 1 unspecified atom stereocenters. The van der Waals surface area contributed by atoms with E-state index in [2.05, 4.69) is 23.7 Å². The van der Waals surface area contributed by atoms with E-state index in [1.807, 2.05) is 6.07 Å². The molecule has 1 saturated heterocycles. The van der Waals surface area contributed by atoms with Crippen LogP contribution in [0.4, 0.5) is 11.5 Å². The van der Waals surface area contributed by atoms with Gasteiger partial charge in [0.25, 0.3) is 0 Å². The third kappa shape index (κ3) is 2.11. The molecule has 0 radical (unpaired) electrons. The Morgan fingerprint density at radius 3 is 3.12 bits per heavy atom. The summed E-state index contributed by atoms with van der Waals surface area (Å²) in [5.41, 5.74) is 7.58. The molecule has 4 heteroatoms. The SMILES string of the molecule is CCC1COCCN1c1ncc(N)cc1C. The van der Waals surface area contributed by atoms with E-state index >= 15 is 0 Å². The number of nitrogens with zero attached hydrogens (tertiary/aromatic N) is 2. The van der Waals surface area contributed by atoms with Crippen molar-refractivity contribution in [3.63, 3.8) is 0 Å². The molecule has 88 valence electrons. The van der Waals surface area contributed by atoms with Gasteiger partial charge in [-0.05, 0) is 25.0 Å². The van der Waals surface area contributed by atoms with Gasteiger partial charge in [-0.15, -0.1) is 0 Å². The molecule has 0 bridgehead atoms. The molecular formula is C12H19N3O. The molecule has 2 heterocycles. The lowest BCUT2D eigenvalue weighted by Crippen LogP contribution is -2.45. The fourth-order valence-corrected chi connectivity index (χ4v) is 2.16. The van der Waals surface area contributed by atoms with E-state index in [1.54, 1.807) is 6.20 Å². The second kappa shape index (κ2) is 4.70. The highest BCUT2D eigenvalue weighted by atomic mass is 16.5. The van der Waals surface area contributed by atoms with Gasteiger partial charge in [0.1, 0.15) is 5.82 Å². The lowest BCUT2D eigenvalue weighted by molar-refractivity contribution is 0.0925. The van der Waals surface area contributed by atoms with Gasteiger partial charge < -0.3 is 15.4 Å². The van der Waals surface area contributed by atoms with Gasteiger partial charge in [0.15, 0.2) is 0 Å². The van der Waals surface area contributed by atoms with Crippen molar-refractivity contribution in [2.24, 2.45) is 0 Å². The molecule has 0 aliphatic carbocycles. The van der Waals surface area contributed by atoms with Crippen LogP contribution < -0.4 is 10.6 Å². The number of nitrogen functional groups attached to an aromatic ring is 1. The molecule has 1 aromatic rings. The summed E-state index contributed by atoms with van der Waals surface area (Å²) in [6.45, 7) is 6.72. The average Bonchev–Trinajstić information content (AvgIpc) is 2.29. The predicted octanol–water partition coefficient (Wildman–Crippen LogP) is 1.59. The maximum Gasteiger partial charge on any atom is 0.131 e. The number of aromatic nitrogens is 1. The molecule has 0 amide bonds. The normalized spacial score (nSPS) is 21.1. The molecule has 2 rings (SSSR count). The third-order valence-electron chi connectivity index (χ3n) is 3.04. The van der Waals surface area contributed by atoms with Gasteiger partial charge in [0, 0.05) is 6.54 Å². The van der Waals surface area contributed by atoms with Crippen molar-refractivity contribution in [1.29, 1.82) is 0 Å². The smallest absolute Gasteiger partial charge is 0.131 e. The van der Waals surface area contributed by atoms with Crippen LogP contribution in [0.5, 0.6) is 0 Å². The highest BCUT2D eigenvalue weighted by Gasteiger charge is 2.23. The second-order valence-electron chi connectivity index (χ2n) is 4.24. The van der Waals surface area contributed by atoms with Crippen LogP contribution in [0, 0.1) is 6.92 Å². The minimum atomic E-state index is 0.434. The zero-order valence-electron chi connectivity index (χ0n) is 9.94. The van der Waals surface area contributed by atoms with Crippen LogP contribution in [0.25, 0.3) is 0 Å². The predicted molar refractivity (Wildman–Crippen MR) is 65.6 cm³/mol. The highest BCUT2D eigenvalue weighted by Crippen LogP contribution is 2.23. The Morgan fingerprint density at radius 2 is 2.44 bits per heavy atom. The van der Waals surface area contributed by atoms with Crippen molar-refractivity contribution < 1.29 is 4.74 Å². The van der Waals surface area contributed by atoms with Crippen LogP contribution in [0.3, 0.4) is 0 Å². The van der Waals surface area contributed by atoms with Gasteiger partial charge in [-0.3, -0.25) is 0 Å². The molecular weight excluding hydrogens is 202 g/mol. The molecule has 4 nitrogen and oxygen atoms in total. The van der Waals surface area contributed by atoms with E-state index in [0.29, 0.717) is 6.04 Å². The quantitative estimate of drug-likeness (QED) is 0.824. The van der Waals surface area contributed by atoms with Gasteiger partial charge in [0.2, 0.25) is 0 Å². The number of ether oxygens (including phenoxy) is 1. The first kappa shape index (κ1) is 11.2. The van der Waals surface area contributed by atoms with Crippen molar-refractivity contribution in [1.82, 2.24) is 4.98 Å². The monoisotopic (exact) mass is 221 g/mol. The Bertz CT molecular complexity index is 367. The number of aryl methyl sites for hydroxylation is 1. The topological polar surface area (TPSA) is 51.4 Å². The van der Waals surface area contributed by atoms with Crippen molar-refractivity contribution in [2.45, 2.75) is 26.3 Å². The van der Waals surface area contributed by atoms with Crippen LogP contribution in [-0.4, -0.2) is 30.8 Å². The maximum atomic E-state index is 5.72. The van der Waals surface area contributed by atoms with Crippen LogP contribution in [0.2, 0.25) is 0 Å². The summed E-state index contributed by atoms with van der Waals surface area (Å²) in [6, 6.07) is 2.41. The van der Waals surface area contributed by atoms with E-state index in [1.165, 1.54) is 0 Å². The second-order valence-corrected chi connectivity index (χ2v) is 4.24. The molecule has 2 N–H and O–H groups in total. The summed E-state index contributed by atoms with van der Waals surface area (Å²) in [4.78, 5) is 6.78. The number of pyridine rings is 1. The molecule has 1 aliphatic heterocycles. The van der Waals surface area contributed by atoms with Gasteiger partial charge >= 0.3 is 0 Å². The minimum absolute atomic E-state index is 0.434. The van der Waals surface area contributed by atoms with Gasteiger partial charge in [0.05, 0.1) is 31.1 Å². The Labute approximate surface area is 96.4 Å². The summed E-state index contributed by atoms with van der Waals surface area (Å²) in [6.07, 6.45) is 2.80. The molecule has 1 aliphatic rings. The largest absolute Gasteiger partial charge is 0.397 e. The zero-order chi connectivity index (χ0) is 11.5. The first-order valence-electron chi connectivity index (χ1n) is 5.79. The zero-order valence-corrected chi connectivity index (χ0v) is 9.94. The Balaban J connectivity index is 2.27. The summed E-state index contributed by atoms with van der Waals surface area (Å²) in [7, 11) is 0. The lowest BCUT2D eigenvalue weighted by atomic mass is 10.1. The van der Waals surface area contributed by atoms with Crippen LogP contribution >= 0.6 is 0 Å². The maximum absolute atomic E-state index is 5.72. The van der Waals surface area contributed by atoms with E-state index in [4.69, 9.17) is 10.5 Å². The molecule has 1 fully saturated rings. The minimum Gasteiger partial charge on any atom is -0.397 e. The first-order chi connectivity index (χ1) is 7.72. The van der Waals surface area contributed by atoms with Crippen LogP contribution in [0.1, 0.15) is 18.9 Å².